The molecule has 418 valence electrons. The summed E-state index contributed by atoms with van der Waals surface area (Å²) in [6.07, 6.45) is 16.1. The number of rotatable bonds is 24. The normalized spacial score (nSPS) is 17.8. The number of nitrogens with one attached hydrogen (secondary N) is 2. The number of thiazole rings is 1. The predicted octanol–water partition coefficient (Wildman–Crippen LogP) is 9.95. The molecule has 8 rings (SSSR count). The molecule has 0 bridgehead atoms. The molecule has 0 saturated carbocycles. The van der Waals surface area contributed by atoms with Gasteiger partial charge in [0, 0.05) is 79.3 Å². The van der Waals surface area contributed by atoms with Crippen LogP contribution in [-0.4, -0.2) is 112 Å². The monoisotopic (exact) mass is 1130 g/mol. The molecule has 78 heavy (non-hydrogen) atoms. The van der Waals surface area contributed by atoms with E-state index in [-0.39, 0.29) is 54.1 Å². The van der Waals surface area contributed by atoms with Gasteiger partial charge >= 0.3 is 0 Å². The summed E-state index contributed by atoms with van der Waals surface area (Å²) in [5, 5.41) is 30.4. The lowest BCUT2D eigenvalue weighted by atomic mass is 9.85. The molecule has 3 unspecified atom stereocenters. The SMILES string of the molecule is Cc1ncsc1-c1ccc(CNC(=O)[C@@H]2C[C@@H](O)CN2C(=O)C(NC(=O)CCCCCCCCn2cc(CCCN3CCCC(n4cc(-c5cnc(N)c(OC(C)c6c(Cl)ccc(F)c6Cl)c5)cn4)C3)nn2)C(C)(C)C)cc1. The third-order valence-corrected chi connectivity index (χ3v) is 16.4. The average molecular weight is 1130 g/mol. The van der Waals surface area contributed by atoms with Gasteiger partial charge in [0.05, 0.1) is 45.1 Å². The van der Waals surface area contributed by atoms with E-state index in [0.29, 0.717) is 29.2 Å². The lowest BCUT2D eigenvalue weighted by molar-refractivity contribution is -0.144. The fraction of sp³-hybridized carbons (Fsp3) is 0.509. The Bertz CT molecular complexity index is 2980. The number of hydrogen-bond acceptors (Lipinski definition) is 13. The van der Waals surface area contributed by atoms with Crippen LogP contribution in [-0.2, 0) is 33.9 Å². The quantitative estimate of drug-likeness (QED) is 0.0330. The summed E-state index contributed by atoms with van der Waals surface area (Å²) in [7, 11) is 0. The summed E-state index contributed by atoms with van der Waals surface area (Å²) < 4.78 is 24.3. The summed E-state index contributed by atoms with van der Waals surface area (Å²) in [5.41, 5.74) is 13.3. The number of nitrogens with two attached hydrogens (primary N) is 1. The Kier molecular flexibility index (Phi) is 20.0. The van der Waals surface area contributed by atoms with Crippen LogP contribution in [0.5, 0.6) is 5.75 Å². The zero-order valence-electron chi connectivity index (χ0n) is 45.3. The number of halogens is 3. The van der Waals surface area contributed by atoms with Crippen molar-refractivity contribution in [2.45, 2.75) is 155 Å². The number of carbonyl (C=O) groups is 3. The molecule has 2 fully saturated rings. The summed E-state index contributed by atoms with van der Waals surface area (Å²) in [6.45, 7) is 13.4. The van der Waals surface area contributed by atoms with Crippen molar-refractivity contribution in [3.8, 4) is 27.3 Å². The first kappa shape index (κ1) is 58.2. The van der Waals surface area contributed by atoms with Gasteiger partial charge in [0.1, 0.15) is 24.0 Å². The average Bonchev–Trinajstić information content (AvgIpc) is 4.26. The van der Waals surface area contributed by atoms with Gasteiger partial charge in [0.25, 0.3) is 0 Å². The molecular weight excluding hydrogens is 1050 g/mol. The molecule has 3 amide bonds. The van der Waals surface area contributed by atoms with E-state index in [0.717, 1.165) is 122 Å². The molecule has 0 radical (unpaired) electrons. The van der Waals surface area contributed by atoms with Crippen molar-refractivity contribution in [3.63, 3.8) is 0 Å². The third kappa shape index (κ3) is 15.2. The zero-order chi connectivity index (χ0) is 55.5. The van der Waals surface area contributed by atoms with Crippen molar-refractivity contribution in [1.29, 1.82) is 0 Å². The summed E-state index contributed by atoms with van der Waals surface area (Å²) in [6, 6.07) is 10.9. The minimum absolute atomic E-state index is 0.0299. The Balaban J connectivity index is 0.698. The highest BCUT2D eigenvalue weighted by Gasteiger charge is 2.44. The first-order chi connectivity index (χ1) is 37.4. The van der Waals surface area contributed by atoms with E-state index in [1.165, 1.54) is 17.0 Å². The molecular formula is C57H73Cl2FN12O5S. The molecule has 0 aliphatic carbocycles. The Morgan fingerprint density at radius 1 is 0.949 bits per heavy atom. The van der Waals surface area contributed by atoms with Crippen LogP contribution in [0.1, 0.15) is 133 Å². The molecule has 2 saturated heterocycles. The van der Waals surface area contributed by atoms with Crippen molar-refractivity contribution < 1.29 is 28.6 Å². The van der Waals surface area contributed by atoms with Crippen LogP contribution in [0.3, 0.4) is 0 Å². The molecule has 17 nitrogen and oxygen atoms in total. The number of aromatic nitrogens is 7. The predicted molar refractivity (Wildman–Crippen MR) is 302 cm³/mol. The molecule has 21 heteroatoms. The Hall–Kier alpha value is -5.99. The number of aryl methyl sites for hydroxylation is 3. The molecule has 6 heterocycles. The number of nitrogen functional groups attached to an aromatic ring is 1. The maximum absolute atomic E-state index is 14.2. The number of hydrogen-bond donors (Lipinski definition) is 4. The highest BCUT2D eigenvalue weighted by Crippen LogP contribution is 2.38. The van der Waals surface area contributed by atoms with Crippen molar-refractivity contribution >= 4 is 58.1 Å². The van der Waals surface area contributed by atoms with Gasteiger partial charge < -0.3 is 36.0 Å². The largest absolute Gasteiger partial charge is 0.482 e. The Morgan fingerprint density at radius 3 is 2.47 bits per heavy atom. The molecule has 2 aromatic carbocycles. The standard InChI is InChI=1S/C57H73Cl2FN12O5S/c1-36-52(78-35-64-36)39-19-17-38(18-20-39)28-63-55(75)47-27-44(73)34-71(47)56(76)53(57(3,4)5)66-49(74)16-10-8-6-7-9-11-25-70-32-42(67-68-70)14-12-23-69-24-13-15-43(33-69)72-31-41(30-65-72)40-26-48(54(61)62-29-40)77-37(2)50-45(58)21-22-46(60)51(50)59/h17-22,26,29-32,35,37,43-44,47,53,73H,6-16,23-25,27-28,33-34H2,1-5H3,(H2,61,62)(H,63,75)(H,66,74)/t37?,43?,44-,47+,53?/m1/s1. The van der Waals surface area contributed by atoms with Gasteiger partial charge in [-0.25, -0.2) is 14.4 Å². The number of piperidine rings is 1. The first-order valence-electron chi connectivity index (χ1n) is 27.2. The van der Waals surface area contributed by atoms with Crippen molar-refractivity contribution in [3.05, 3.63) is 111 Å². The van der Waals surface area contributed by atoms with E-state index in [1.807, 2.05) is 79.2 Å². The van der Waals surface area contributed by atoms with E-state index in [9.17, 15) is 23.9 Å². The molecule has 0 spiro atoms. The molecule has 2 aliphatic heterocycles. The number of β-amino-alcohol motifs (C(OH)–C–C–N with tert-alkyl or cyclic N) is 1. The second kappa shape index (κ2) is 26.8. The summed E-state index contributed by atoms with van der Waals surface area (Å²) >= 11 is 14.2. The molecule has 4 aromatic heterocycles. The van der Waals surface area contributed by atoms with E-state index in [2.05, 4.69) is 42.0 Å². The second-order valence-corrected chi connectivity index (χ2v) is 23.5. The van der Waals surface area contributed by atoms with Gasteiger partial charge in [-0.3, -0.25) is 23.7 Å². The Morgan fingerprint density at radius 2 is 1.72 bits per heavy atom. The third-order valence-electron chi connectivity index (χ3n) is 14.7. The van der Waals surface area contributed by atoms with Crippen molar-refractivity contribution in [2.75, 3.05) is 31.9 Å². The van der Waals surface area contributed by atoms with Gasteiger partial charge in [0.2, 0.25) is 17.7 Å². The first-order valence-corrected chi connectivity index (χ1v) is 28.8. The number of aliphatic hydroxyl groups is 1. The summed E-state index contributed by atoms with van der Waals surface area (Å²) in [5.74, 6) is -0.951. The number of benzene rings is 2. The fourth-order valence-electron chi connectivity index (χ4n) is 10.3. The number of nitrogens with zero attached hydrogens (tertiary/aromatic N) is 9. The van der Waals surface area contributed by atoms with Crippen LogP contribution >= 0.6 is 34.5 Å². The van der Waals surface area contributed by atoms with Crippen LogP contribution in [0.2, 0.25) is 10.0 Å². The number of aliphatic hydroxyl groups excluding tert-OH is 1. The molecule has 6 aromatic rings. The number of amides is 3. The van der Waals surface area contributed by atoms with Gasteiger partial charge in [-0.2, -0.15) is 5.10 Å². The van der Waals surface area contributed by atoms with Crippen LogP contribution in [0.15, 0.2) is 72.8 Å². The van der Waals surface area contributed by atoms with Crippen LogP contribution in [0.25, 0.3) is 21.6 Å². The number of likely N-dealkylation sites (tertiary alicyclic amines) is 2. The highest BCUT2D eigenvalue weighted by molar-refractivity contribution is 7.13. The second-order valence-electron chi connectivity index (χ2n) is 21.8. The Labute approximate surface area is 470 Å². The maximum atomic E-state index is 14.2. The smallest absolute Gasteiger partial charge is 0.246 e. The topological polar surface area (TPSA) is 212 Å². The van der Waals surface area contributed by atoms with E-state index >= 15 is 0 Å². The zero-order valence-corrected chi connectivity index (χ0v) is 47.6. The minimum atomic E-state index is -0.855. The minimum Gasteiger partial charge on any atom is -0.482 e. The van der Waals surface area contributed by atoms with E-state index in [4.69, 9.17) is 38.8 Å². The van der Waals surface area contributed by atoms with Gasteiger partial charge in [-0.05, 0) is 100 Å². The van der Waals surface area contributed by atoms with E-state index in [1.54, 1.807) is 30.5 Å². The van der Waals surface area contributed by atoms with E-state index < -0.39 is 35.5 Å². The van der Waals surface area contributed by atoms with Crippen molar-refractivity contribution in [1.82, 2.24) is 55.2 Å². The number of ether oxygens (including phenoxy) is 1. The number of anilines is 1. The number of carbonyl (C=O) groups excluding carboxylic acids is 3. The maximum Gasteiger partial charge on any atom is 0.246 e. The molecule has 5 N–H and O–H groups in total. The van der Waals surface area contributed by atoms with Crippen LogP contribution in [0, 0.1) is 18.2 Å². The van der Waals surface area contributed by atoms with Crippen molar-refractivity contribution in [2.24, 2.45) is 5.41 Å². The molecule has 2 aliphatic rings. The number of pyridine rings is 1. The van der Waals surface area contributed by atoms with Gasteiger partial charge in [0.15, 0.2) is 11.6 Å². The fourth-order valence-corrected chi connectivity index (χ4v) is 11.8. The van der Waals surface area contributed by atoms with Gasteiger partial charge in [-0.15, -0.1) is 16.4 Å². The molecule has 5 atom stereocenters. The van der Waals surface area contributed by atoms with Crippen LogP contribution in [0.4, 0.5) is 10.2 Å². The lowest BCUT2D eigenvalue weighted by Crippen LogP contribution is -2.57. The highest BCUT2D eigenvalue weighted by atomic mass is 35.5. The summed E-state index contributed by atoms with van der Waals surface area (Å²) in [4.78, 5) is 54.5. The van der Waals surface area contributed by atoms with Gasteiger partial charge in [-0.1, -0.05) is 99.1 Å². The lowest BCUT2D eigenvalue weighted by Gasteiger charge is -2.35. The number of unbranched alkanes of at least 4 members (excludes halogenated alkanes) is 5. The van der Waals surface area contributed by atoms with Crippen LogP contribution < -0.4 is 21.1 Å².